The van der Waals surface area contributed by atoms with Crippen LogP contribution in [0.5, 0.6) is 11.5 Å². The van der Waals surface area contributed by atoms with Gasteiger partial charge in [-0.3, -0.25) is 4.79 Å². The van der Waals surface area contributed by atoms with Crippen molar-refractivity contribution in [1.82, 2.24) is 4.90 Å². The van der Waals surface area contributed by atoms with Crippen LogP contribution in [0.1, 0.15) is 30.1 Å². The van der Waals surface area contributed by atoms with E-state index < -0.39 is 0 Å². The van der Waals surface area contributed by atoms with Crippen molar-refractivity contribution >= 4 is 39.2 Å². The van der Waals surface area contributed by atoms with Gasteiger partial charge in [-0.05, 0) is 42.7 Å². The van der Waals surface area contributed by atoms with Crippen LogP contribution in [0.15, 0.2) is 36.4 Å². The zero-order valence-electron chi connectivity index (χ0n) is 18.5. The topological polar surface area (TPSA) is 68.3 Å². The Morgan fingerprint density at radius 1 is 1.06 bits per heavy atom. The van der Waals surface area contributed by atoms with Gasteiger partial charge in [-0.1, -0.05) is 24.3 Å². The Balaban J connectivity index is 1.62. The fraction of sp³-hybridized carbons (Fsp3) is 0.360. The number of anilines is 1. The zero-order chi connectivity index (χ0) is 22.4. The summed E-state index contributed by atoms with van der Waals surface area (Å²) in [7, 11) is 3.21. The molecule has 0 radical (unpaired) electrons. The van der Waals surface area contributed by atoms with Crippen LogP contribution in [0.2, 0.25) is 0 Å². The number of likely N-dealkylation sites (tertiary alicyclic amines) is 1. The molecule has 166 valence electrons. The third kappa shape index (κ3) is 2.95. The molecule has 0 N–H and O–H groups in total. The number of fused-ring (bicyclic) bond motifs is 2. The molecule has 1 saturated heterocycles. The van der Waals surface area contributed by atoms with Crippen LogP contribution in [0.3, 0.4) is 0 Å². The first kappa shape index (κ1) is 20.4. The maximum absolute atomic E-state index is 13.7. The van der Waals surface area contributed by atoms with E-state index in [1.54, 1.807) is 32.1 Å². The van der Waals surface area contributed by atoms with E-state index in [0.29, 0.717) is 49.6 Å². The highest BCUT2D eigenvalue weighted by Gasteiger charge is 2.39. The Morgan fingerprint density at radius 2 is 1.81 bits per heavy atom. The number of hydrogen-bond acceptors (Lipinski definition) is 5. The Labute approximate surface area is 186 Å². The summed E-state index contributed by atoms with van der Waals surface area (Å²) >= 11 is 0. The van der Waals surface area contributed by atoms with Gasteiger partial charge in [0.2, 0.25) is 0 Å². The van der Waals surface area contributed by atoms with Crippen LogP contribution >= 0.6 is 0 Å². The number of carbonyl (C=O) groups is 2. The highest BCUT2D eigenvalue weighted by atomic mass is 16.6. The number of hydrogen-bond donors (Lipinski definition) is 0. The van der Waals surface area contributed by atoms with Gasteiger partial charge in [-0.2, -0.15) is 0 Å². The molecule has 2 aliphatic rings. The number of piperidine rings is 1. The molecule has 0 atom stereocenters. The molecule has 0 bridgehead atoms. The van der Waals surface area contributed by atoms with Gasteiger partial charge in [0.25, 0.3) is 5.91 Å². The normalized spacial score (nSPS) is 16.2. The number of nitrogens with zero attached hydrogens (tertiary/aromatic N) is 2. The van der Waals surface area contributed by atoms with E-state index in [1.165, 1.54) is 0 Å². The van der Waals surface area contributed by atoms with Crippen molar-refractivity contribution in [3.63, 3.8) is 0 Å². The molecule has 7 heteroatoms. The molecule has 0 spiro atoms. The standard InChI is InChI=1S/C25H26N2O5/c1-4-32-25(29)26-11-9-16(10-12-26)27-19-13-15-7-5-6-8-17(15)22-21(19)18(24(27)28)14-20(30-2)23(22)31-3/h5-8,13-14,16H,4,9-12H2,1-3H3. The van der Waals surface area contributed by atoms with Gasteiger partial charge in [0.05, 0.1) is 32.1 Å². The number of ether oxygens (including phenoxy) is 3. The van der Waals surface area contributed by atoms with Gasteiger partial charge >= 0.3 is 6.09 Å². The smallest absolute Gasteiger partial charge is 0.409 e. The van der Waals surface area contributed by atoms with Crippen molar-refractivity contribution in [3.8, 4) is 11.5 Å². The maximum Gasteiger partial charge on any atom is 0.409 e. The van der Waals surface area contributed by atoms with E-state index in [2.05, 4.69) is 6.07 Å². The zero-order valence-corrected chi connectivity index (χ0v) is 18.5. The van der Waals surface area contributed by atoms with Gasteiger partial charge < -0.3 is 24.0 Å². The van der Waals surface area contributed by atoms with Crippen molar-refractivity contribution in [1.29, 1.82) is 0 Å². The summed E-state index contributed by atoms with van der Waals surface area (Å²) in [5, 5.41) is 3.86. The quantitative estimate of drug-likeness (QED) is 0.562. The molecule has 0 aromatic heterocycles. The number of methoxy groups -OCH3 is 2. The third-order valence-corrected chi connectivity index (χ3v) is 6.51. The van der Waals surface area contributed by atoms with Crippen LogP contribution in [0.4, 0.5) is 10.5 Å². The Bertz CT molecular complexity index is 1230. The van der Waals surface area contributed by atoms with E-state index in [0.717, 1.165) is 27.2 Å². The van der Waals surface area contributed by atoms with Crippen molar-refractivity contribution in [2.75, 3.05) is 38.8 Å². The average molecular weight is 434 g/mol. The lowest BCUT2D eigenvalue weighted by molar-refractivity contribution is 0.0913. The molecule has 2 aliphatic heterocycles. The minimum Gasteiger partial charge on any atom is -0.493 e. The molecule has 5 rings (SSSR count). The lowest BCUT2D eigenvalue weighted by atomic mass is 9.97. The summed E-state index contributed by atoms with van der Waals surface area (Å²) in [4.78, 5) is 29.4. The molecule has 3 aromatic carbocycles. The second-order valence-electron chi connectivity index (χ2n) is 8.12. The molecule has 0 unspecified atom stereocenters. The first-order valence-electron chi connectivity index (χ1n) is 10.9. The van der Waals surface area contributed by atoms with Crippen LogP contribution < -0.4 is 14.4 Å². The lowest BCUT2D eigenvalue weighted by Crippen LogP contribution is -2.48. The summed E-state index contributed by atoms with van der Waals surface area (Å²) in [5.74, 6) is 1.15. The highest BCUT2D eigenvalue weighted by Crippen LogP contribution is 2.50. The summed E-state index contributed by atoms with van der Waals surface area (Å²) < 4.78 is 16.5. The number of rotatable bonds is 4. The van der Waals surface area contributed by atoms with E-state index in [4.69, 9.17) is 14.2 Å². The monoisotopic (exact) mass is 434 g/mol. The number of amides is 2. The molecule has 3 aromatic rings. The van der Waals surface area contributed by atoms with Gasteiger partial charge in [0.1, 0.15) is 0 Å². The third-order valence-electron chi connectivity index (χ3n) is 6.51. The largest absolute Gasteiger partial charge is 0.493 e. The molecular formula is C25H26N2O5. The molecular weight excluding hydrogens is 408 g/mol. The molecule has 1 fully saturated rings. The van der Waals surface area contributed by atoms with Crippen molar-refractivity contribution < 1.29 is 23.8 Å². The molecule has 0 aliphatic carbocycles. The SMILES string of the molecule is CCOC(=O)N1CCC(N2C(=O)c3cc(OC)c(OC)c4c3c2cc2ccccc24)CC1. The van der Waals surface area contributed by atoms with E-state index in [-0.39, 0.29) is 18.0 Å². The maximum atomic E-state index is 13.7. The summed E-state index contributed by atoms with van der Waals surface area (Å²) in [6.07, 6.45) is 1.10. The van der Waals surface area contributed by atoms with Crippen molar-refractivity contribution in [3.05, 3.63) is 42.0 Å². The van der Waals surface area contributed by atoms with E-state index in [1.807, 2.05) is 29.2 Å². The van der Waals surface area contributed by atoms with E-state index >= 15 is 0 Å². The highest BCUT2D eigenvalue weighted by molar-refractivity contribution is 6.31. The van der Waals surface area contributed by atoms with E-state index in [9.17, 15) is 9.59 Å². The second kappa shape index (κ2) is 7.89. The molecule has 0 saturated carbocycles. The molecule has 7 nitrogen and oxygen atoms in total. The second-order valence-corrected chi connectivity index (χ2v) is 8.12. The fourth-order valence-corrected chi connectivity index (χ4v) is 5.07. The average Bonchev–Trinajstić information content (AvgIpc) is 3.10. The summed E-state index contributed by atoms with van der Waals surface area (Å²) in [6, 6.07) is 12.0. The Kier molecular flexibility index (Phi) is 5.04. The summed E-state index contributed by atoms with van der Waals surface area (Å²) in [5.41, 5.74) is 1.53. The van der Waals surface area contributed by atoms with Crippen molar-refractivity contribution in [2.24, 2.45) is 0 Å². The van der Waals surface area contributed by atoms with Crippen LogP contribution in [-0.4, -0.2) is 56.9 Å². The van der Waals surface area contributed by atoms with Gasteiger partial charge in [-0.15, -0.1) is 0 Å². The lowest BCUT2D eigenvalue weighted by Gasteiger charge is -2.36. The van der Waals surface area contributed by atoms with Gasteiger partial charge in [0.15, 0.2) is 11.5 Å². The predicted octanol–water partition coefficient (Wildman–Crippen LogP) is 4.59. The van der Waals surface area contributed by atoms with Gasteiger partial charge in [0, 0.05) is 29.9 Å². The van der Waals surface area contributed by atoms with Crippen LogP contribution in [-0.2, 0) is 4.74 Å². The number of carbonyl (C=O) groups excluding carboxylic acids is 2. The minimum atomic E-state index is -0.287. The first-order chi connectivity index (χ1) is 15.6. The van der Waals surface area contributed by atoms with Crippen LogP contribution in [0, 0.1) is 0 Å². The first-order valence-corrected chi connectivity index (χ1v) is 10.9. The predicted molar refractivity (Wildman–Crippen MR) is 123 cm³/mol. The van der Waals surface area contributed by atoms with Crippen molar-refractivity contribution in [2.45, 2.75) is 25.8 Å². The Hall–Kier alpha value is -3.48. The fourth-order valence-electron chi connectivity index (χ4n) is 5.07. The van der Waals surface area contributed by atoms with Crippen LogP contribution in [0.25, 0.3) is 21.5 Å². The molecule has 32 heavy (non-hydrogen) atoms. The number of benzene rings is 3. The van der Waals surface area contributed by atoms with Gasteiger partial charge in [-0.25, -0.2) is 4.79 Å². The Morgan fingerprint density at radius 3 is 2.50 bits per heavy atom. The molecule has 2 amide bonds. The summed E-state index contributed by atoms with van der Waals surface area (Å²) in [6.45, 7) is 3.29. The minimum absolute atomic E-state index is 0.00179. The molecule has 2 heterocycles.